The Morgan fingerprint density at radius 3 is 2.42 bits per heavy atom. The van der Waals surface area contributed by atoms with Crippen molar-refractivity contribution in [3.63, 3.8) is 0 Å². The molecule has 2 atom stereocenters. The Hall–Kier alpha value is -3.21. The third-order valence-electron chi connectivity index (χ3n) is 5.67. The van der Waals surface area contributed by atoms with Crippen LogP contribution in [0.4, 0.5) is 5.82 Å². The average Bonchev–Trinajstić information content (AvgIpc) is 3.29. The second kappa shape index (κ2) is 15.0. The van der Waals surface area contributed by atoms with Gasteiger partial charge in [0.25, 0.3) is 0 Å². The van der Waals surface area contributed by atoms with E-state index in [2.05, 4.69) is 26.2 Å². The highest BCUT2D eigenvalue weighted by Crippen LogP contribution is 2.26. The number of methoxy groups -OCH3 is 1. The van der Waals surface area contributed by atoms with Crippen LogP contribution in [0.2, 0.25) is 5.28 Å². The van der Waals surface area contributed by atoms with Crippen LogP contribution in [0, 0.1) is 24.2 Å². The lowest BCUT2D eigenvalue weighted by atomic mass is 9.97. The summed E-state index contributed by atoms with van der Waals surface area (Å²) in [6.45, 7) is 7.66. The van der Waals surface area contributed by atoms with E-state index in [0.29, 0.717) is 12.2 Å². The van der Waals surface area contributed by atoms with Gasteiger partial charge in [-0.1, -0.05) is 45.4 Å². The van der Waals surface area contributed by atoms with E-state index >= 15 is 0 Å². The zero-order valence-corrected chi connectivity index (χ0v) is 24.9. The first kappa shape index (κ1) is 33.0. The molecule has 2 aromatic rings. The number of carbonyl (C=O) groups is 4. The SMILES string of the molecule is C#CC(COC(=O)C(C)C)(OC)[C@H](Cn1cnc2c(NC(=O)CCCSC(C)=O)nc(Cl)nc21)OC(=O)C(C)C. The zero-order chi connectivity index (χ0) is 30.0. The average molecular weight is 596 g/mol. The highest BCUT2D eigenvalue weighted by Gasteiger charge is 2.43. The molecule has 0 saturated heterocycles. The van der Waals surface area contributed by atoms with E-state index in [4.69, 9.17) is 32.2 Å². The molecule has 0 radical (unpaired) electrons. The fraction of sp³-hybridized carbons (Fsp3) is 0.577. The molecule has 14 heteroatoms. The molecule has 1 unspecified atom stereocenters. The first-order chi connectivity index (χ1) is 18.8. The van der Waals surface area contributed by atoms with Crippen LogP contribution in [-0.2, 0) is 39.9 Å². The predicted octanol–water partition coefficient (Wildman–Crippen LogP) is 3.26. The van der Waals surface area contributed by atoms with Crippen LogP contribution in [0.1, 0.15) is 47.5 Å². The standard InChI is InChI=1S/C26H34ClN5O7S/c1-8-26(37-7,13-38-23(35)15(2)3)18(39-24(36)16(4)5)12-32-14-28-20-21(30-25(27)31-22(20)32)29-19(34)10-9-11-40-17(6)33/h1,14-16,18H,9-13H2,2-7H3,(H,29,30,31,34)/t18-,26?/m0/s1. The number of hydrogen-bond acceptors (Lipinski definition) is 11. The molecule has 1 amide bonds. The molecular formula is C26H34ClN5O7S. The molecule has 2 rings (SSSR count). The van der Waals surface area contributed by atoms with Gasteiger partial charge in [-0.2, -0.15) is 9.97 Å². The second-order valence-electron chi connectivity index (χ2n) is 9.48. The number of imidazole rings is 1. The number of carbonyl (C=O) groups excluding carboxylic acids is 4. The smallest absolute Gasteiger partial charge is 0.308 e. The van der Waals surface area contributed by atoms with Gasteiger partial charge in [-0.25, -0.2) is 4.98 Å². The van der Waals surface area contributed by atoms with Crippen molar-refractivity contribution in [3.05, 3.63) is 11.6 Å². The Morgan fingerprint density at radius 2 is 1.85 bits per heavy atom. The van der Waals surface area contributed by atoms with Gasteiger partial charge in [0.2, 0.25) is 16.8 Å². The van der Waals surface area contributed by atoms with Crippen LogP contribution in [-0.4, -0.2) is 73.7 Å². The number of nitrogens with zero attached hydrogens (tertiary/aromatic N) is 4. The number of amides is 1. The number of nitrogens with one attached hydrogen (secondary N) is 1. The second-order valence-corrected chi connectivity index (χ2v) is 11.1. The van der Waals surface area contributed by atoms with Crippen LogP contribution in [0.25, 0.3) is 11.2 Å². The Morgan fingerprint density at radius 1 is 1.18 bits per heavy atom. The summed E-state index contributed by atoms with van der Waals surface area (Å²) in [6.07, 6.45) is 6.76. The lowest BCUT2D eigenvalue weighted by Crippen LogP contribution is -2.52. The minimum Gasteiger partial charge on any atom is -0.461 e. The number of rotatable bonds is 14. The summed E-state index contributed by atoms with van der Waals surface area (Å²) in [5, 5.41) is 2.50. The lowest BCUT2D eigenvalue weighted by Gasteiger charge is -2.35. The molecule has 0 aliphatic rings. The fourth-order valence-corrected chi connectivity index (χ4v) is 4.08. The van der Waals surface area contributed by atoms with Crippen LogP contribution in [0.5, 0.6) is 0 Å². The van der Waals surface area contributed by atoms with Crippen LogP contribution >= 0.6 is 23.4 Å². The van der Waals surface area contributed by atoms with E-state index in [1.54, 1.807) is 27.7 Å². The third kappa shape index (κ3) is 8.90. The molecule has 2 aromatic heterocycles. The largest absolute Gasteiger partial charge is 0.461 e. The lowest BCUT2D eigenvalue weighted by molar-refractivity contribution is -0.178. The molecule has 218 valence electrons. The van der Waals surface area contributed by atoms with Crippen molar-refractivity contribution >= 4 is 63.3 Å². The van der Waals surface area contributed by atoms with Gasteiger partial charge in [0.1, 0.15) is 6.61 Å². The predicted molar refractivity (Wildman–Crippen MR) is 150 cm³/mol. The highest BCUT2D eigenvalue weighted by molar-refractivity contribution is 8.13. The monoisotopic (exact) mass is 595 g/mol. The van der Waals surface area contributed by atoms with E-state index in [0.717, 1.165) is 11.8 Å². The molecule has 0 saturated carbocycles. The van der Waals surface area contributed by atoms with Crippen LogP contribution in [0.3, 0.4) is 0 Å². The van der Waals surface area contributed by atoms with Gasteiger partial charge in [-0.3, -0.25) is 19.2 Å². The topological polar surface area (TPSA) is 152 Å². The normalized spacial score (nSPS) is 13.5. The van der Waals surface area contributed by atoms with Crippen LogP contribution in [0.15, 0.2) is 6.33 Å². The highest BCUT2D eigenvalue weighted by atomic mass is 35.5. The summed E-state index contributed by atoms with van der Waals surface area (Å²) in [5.74, 6) is 0.808. The van der Waals surface area contributed by atoms with Crippen molar-refractivity contribution in [2.45, 2.75) is 65.7 Å². The van der Waals surface area contributed by atoms with Crippen molar-refractivity contribution in [3.8, 4) is 12.3 Å². The van der Waals surface area contributed by atoms with Crippen molar-refractivity contribution < 1.29 is 33.4 Å². The van der Waals surface area contributed by atoms with E-state index in [-0.39, 0.29) is 52.9 Å². The van der Waals surface area contributed by atoms with Gasteiger partial charge >= 0.3 is 11.9 Å². The number of thioether (sulfide) groups is 1. The molecule has 1 N–H and O–H groups in total. The van der Waals surface area contributed by atoms with Crippen molar-refractivity contribution in [1.82, 2.24) is 19.5 Å². The summed E-state index contributed by atoms with van der Waals surface area (Å²) in [5.41, 5.74) is -1.17. The first-order valence-corrected chi connectivity index (χ1v) is 13.9. The van der Waals surface area contributed by atoms with Crippen LogP contribution < -0.4 is 5.32 Å². The summed E-state index contributed by atoms with van der Waals surface area (Å²) in [6, 6.07) is 0. The number of fused-ring (bicyclic) bond motifs is 1. The molecule has 2 heterocycles. The Balaban J connectivity index is 2.40. The molecule has 0 bridgehead atoms. The van der Waals surface area contributed by atoms with E-state index in [9.17, 15) is 19.2 Å². The summed E-state index contributed by atoms with van der Waals surface area (Å²) in [4.78, 5) is 61.1. The number of anilines is 1. The van der Waals surface area contributed by atoms with Crippen molar-refractivity contribution in [1.29, 1.82) is 0 Å². The number of terminal acetylenes is 1. The van der Waals surface area contributed by atoms with E-state index in [1.807, 2.05) is 0 Å². The molecule has 0 aliphatic heterocycles. The number of hydrogen-bond donors (Lipinski definition) is 1. The summed E-state index contributed by atoms with van der Waals surface area (Å²) in [7, 11) is 1.33. The quantitative estimate of drug-likeness (QED) is 0.148. The summed E-state index contributed by atoms with van der Waals surface area (Å²) < 4.78 is 18.3. The van der Waals surface area contributed by atoms with Gasteiger partial charge in [-0.15, -0.1) is 6.42 Å². The van der Waals surface area contributed by atoms with Gasteiger partial charge < -0.3 is 24.1 Å². The van der Waals surface area contributed by atoms with E-state index < -0.39 is 35.5 Å². The third-order valence-corrected chi connectivity index (χ3v) is 6.74. The van der Waals surface area contributed by atoms with E-state index in [1.165, 1.54) is 24.9 Å². The Kier molecular flexibility index (Phi) is 12.4. The number of aromatic nitrogens is 4. The Bertz CT molecular complexity index is 1280. The molecule has 0 aromatic carbocycles. The molecular weight excluding hydrogens is 562 g/mol. The molecule has 40 heavy (non-hydrogen) atoms. The summed E-state index contributed by atoms with van der Waals surface area (Å²) >= 11 is 7.31. The van der Waals surface area contributed by atoms with Crippen molar-refractivity contribution in [2.75, 3.05) is 24.8 Å². The maximum atomic E-state index is 12.7. The Labute approximate surface area is 242 Å². The number of esters is 2. The molecule has 12 nitrogen and oxygen atoms in total. The fourth-order valence-electron chi connectivity index (χ4n) is 3.34. The van der Waals surface area contributed by atoms with Gasteiger partial charge in [0, 0.05) is 26.2 Å². The molecule has 0 aliphatic carbocycles. The maximum absolute atomic E-state index is 12.7. The number of ether oxygens (including phenoxy) is 3. The van der Waals surface area contributed by atoms with Gasteiger partial charge in [0.15, 0.2) is 28.2 Å². The molecule has 0 spiro atoms. The minimum atomic E-state index is -1.64. The number of halogens is 1. The maximum Gasteiger partial charge on any atom is 0.308 e. The van der Waals surface area contributed by atoms with Crippen molar-refractivity contribution in [2.24, 2.45) is 11.8 Å². The molecule has 0 fully saturated rings. The first-order valence-electron chi connectivity index (χ1n) is 12.5. The van der Waals surface area contributed by atoms with Gasteiger partial charge in [0.05, 0.1) is 24.7 Å². The zero-order valence-electron chi connectivity index (χ0n) is 23.4. The minimum absolute atomic E-state index is 0.0203. The van der Waals surface area contributed by atoms with Gasteiger partial charge in [-0.05, 0) is 18.0 Å².